The molecule has 0 aliphatic heterocycles. The summed E-state index contributed by atoms with van der Waals surface area (Å²) in [5.41, 5.74) is 7.12. The lowest BCUT2D eigenvalue weighted by Gasteiger charge is -2.45. The smallest absolute Gasteiger partial charge is 0.261 e. The first-order valence-corrected chi connectivity index (χ1v) is 11.8. The fraction of sp³-hybridized carbons (Fsp3) is 0.292. The molecule has 3 nitrogen and oxygen atoms in total. The molecular formula is C24H30N2OSi. The van der Waals surface area contributed by atoms with Gasteiger partial charge in [-0.05, 0) is 46.1 Å². The zero-order valence-corrected chi connectivity index (χ0v) is 18.0. The second-order valence-corrected chi connectivity index (χ2v) is 12.4. The van der Waals surface area contributed by atoms with Gasteiger partial charge < -0.3 is 10.2 Å². The molecule has 4 heteroatoms. The molecule has 2 N–H and O–H groups in total. The van der Waals surface area contributed by atoms with E-state index >= 15 is 0 Å². The zero-order valence-electron chi connectivity index (χ0n) is 17.0. The van der Waals surface area contributed by atoms with Crippen molar-refractivity contribution in [2.75, 3.05) is 6.54 Å². The standard InChI is InChI=1S/C24H30N2OSi/c1-24(2,3)28(21-10-6-4-7-11-21,22-12-8-5-9-13-22)27-23(14-17-25)20-15-18-26-19-16-20/h4-13,15-16,18-19,23H,14,17,25H2,1-3H3. The van der Waals surface area contributed by atoms with E-state index in [4.69, 9.17) is 10.2 Å². The summed E-state index contributed by atoms with van der Waals surface area (Å²) in [6.07, 6.45) is 4.36. The van der Waals surface area contributed by atoms with E-state index in [1.54, 1.807) is 0 Å². The molecule has 0 spiro atoms. The summed E-state index contributed by atoms with van der Waals surface area (Å²) in [5.74, 6) is 0. The summed E-state index contributed by atoms with van der Waals surface area (Å²) in [6, 6.07) is 25.5. The quantitative estimate of drug-likeness (QED) is 0.619. The highest BCUT2D eigenvalue weighted by Crippen LogP contribution is 2.40. The monoisotopic (exact) mass is 390 g/mol. The predicted octanol–water partition coefficient (Wildman–Crippen LogP) is 4.05. The van der Waals surface area contributed by atoms with Gasteiger partial charge in [0.2, 0.25) is 0 Å². The minimum absolute atomic E-state index is 0.0599. The van der Waals surface area contributed by atoms with Gasteiger partial charge in [-0.2, -0.15) is 0 Å². The molecule has 0 fully saturated rings. The average Bonchev–Trinajstić information content (AvgIpc) is 2.72. The summed E-state index contributed by atoms with van der Waals surface area (Å²) in [7, 11) is -2.61. The van der Waals surface area contributed by atoms with E-state index in [0.29, 0.717) is 6.54 Å². The van der Waals surface area contributed by atoms with Gasteiger partial charge in [0.05, 0.1) is 6.10 Å². The molecule has 3 rings (SSSR count). The van der Waals surface area contributed by atoms with Crippen LogP contribution in [0.1, 0.15) is 38.9 Å². The van der Waals surface area contributed by atoms with Crippen molar-refractivity contribution in [3.8, 4) is 0 Å². The molecular weight excluding hydrogens is 360 g/mol. The van der Waals surface area contributed by atoms with Gasteiger partial charge in [-0.3, -0.25) is 4.98 Å². The Labute approximate surface area is 169 Å². The van der Waals surface area contributed by atoms with Gasteiger partial charge in [0.25, 0.3) is 8.32 Å². The lowest BCUT2D eigenvalue weighted by molar-refractivity contribution is 0.183. The first kappa shape index (κ1) is 20.5. The second kappa shape index (κ2) is 8.82. The van der Waals surface area contributed by atoms with Gasteiger partial charge in [0.1, 0.15) is 0 Å². The Morgan fingerprint density at radius 1 is 0.857 bits per heavy atom. The third-order valence-corrected chi connectivity index (χ3v) is 10.3. The SMILES string of the molecule is CC(C)(C)[Si](OC(CCN)c1ccncc1)(c1ccccc1)c1ccccc1. The first-order chi connectivity index (χ1) is 13.5. The fourth-order valence-electron chi connectivity index (χ4n) is 3.93. The molecule has 0 aliphatic rings. The predicted molar refractivity (Wildman–Crippen MR) is 119 cm³/mol. The Morgan fingerprint density at radius 2 is 1.36 bits per heavy atom. The Morgan fingerprint density at radius 3 is 1.79 bits per heavy atom. The number of nitrogens with two attached hydrogens (primary N) is 1. The van der Waals surface area contributed by atoms with Crippen LogP contribution in [0, 0.1) is 0 Å². The zero-order chi connectivity index (χ0) is 20.0. The van der Waals surface area contributed by atoms with Crippen LogP contribution < -0.4 is 16.1 Å². The summed E-state index contributed by atoms with van der Waals surface area (Å²) < 4.78 is 7.23. The number of pyridine rings is 1. The van der Waals surface area contributed by atoms with Gasteiger partial charge in [-0.1, -0.05) is 81.4 Å². The molecule has 146 valence electrons. The molecule has 1 heterocycles. The normalized spacial score (nSPS) is 13.3. The number of hydrogen-bond donors (Lipinski definition) is 1. The molecule has 0 aliphatic carbocycles. The molecule has 0 saturated carbocycles. The average molecular weight is 391 g/mol. The van der Waals surface area contributed by atoms with Crippen molar-refractivity contribution >= 4 is 18.7 Å². The first-order valence-electron chi connectivity index (χ1n) is 9.88. The minimum atomic E-state index is -2.61. The van der Waals surface area contributed by atoms with Crippen LogP contribution >= 0.6 is 0 Å². The number of rotatable bonds is 7. The Balaban J connectivity index is 2.20. The molecule has 28 heavy (non-hydrogen) atoms. The Hall–Kier alpha value is -2.27. The van der Waals surface area contributed by atoms with Crippen LogP contribution in [0.3, 0.4) is 0 Å². The number of nitrogens with zero attached hydrogens (tertiary/aromatic N) is 1. The lowest BCUT2D eigenvalue weighted by atomic mass is 10.1. The van der Waals surface area contributed by atoms with Crippen LogP contribution in [-0.2, 0) is 4.43 Å². The topological polar surface area (TPSA) is 48.1 Å². The maximum atomic E-state index is 7.23. The van der Waals surface area contributed by atoms with Crippen molar-refractivity contribution in [3.63, 3.8) is 0 Å². The van der Waals surface area contributed by atoms with E-state index < -0.39 is 8.32 Å². The second-order valence-electron chi connectivity index (χ2n) is 8.13. The Bertz CT molecular complexity index is 809. The number of benzene rings is 2. The molecule has 2 aromatic carbocycles. The van der Waals surface area contributed by atoms with E-state index in [1.807, 2.05) is 24.5 Å². The van der Waals surface area contributed by atoms with Gasteiger partial charge in [0, 0.05) is 12.4 Å². The van der Waals surface area contributed by atoms with E-state index in [9.17, 15) is 0 Å². The third-order valence-electron chi connectivity index (χ3n) is 5.24. The summed E-state index contributed by atoms with van der Waals surface area (Å²) in [4.78, 5) is 4.17. The van der Waals surface area contributed by atoms with E-state index in [1.165, 1.54) is 10.4 Å². The highest BCUT2D eigenvalue weighted by molar-refractivity contribution is 6.99. The third kappa shape index (κ3) is 4.09. The van der Waals surface area contributed by atoms with Gasteiger partial charge in [-0.25, -0.2) is 0 Å². The lowest BCUT2D eigenvalue weighted by Crippen LogP contribution is -2.66. The molecule has 0 bridgehead atoms. The molecule has 0 radical (unpaired) electrons. The van der Waals surface area contributed by atoms with Crippen LogP contribution in [0.2, 0.25) is 5.04 Å². The number of aromatic nitrogens is 1. The largest absolute Gasteiger partial charge is 0.400 e. The van der Waals surface area contributed by atoms with E-state index in [2.05, 4.69) is 86.4 Å². The minimum Gasteiger partial charge on any atom is -0.400 e. The highest BCUT2D eigenvalue weighted by Gasteiger charge is 2.51. The van der Waals surface area contributed by atoms with E-state index in [-0.39, 0.29) is 11.1 Å². The van der Waals surface area contributed by atoms with Crippen molar-refractivity contribution in [1.82, 2.24) is 4.98 Å². The molecule has 1 atom stereocenters. The summed E-state index contributed by atoms with van der Waals surface area (Å²) in [6.45, 7) is 7.47. The molecule has 3 aromatic rings. The van der Waals surface area contributed by atoms with Crippen LogP contribution in [0.25, 0.3) is 0 Å². The number of hydrogen-bond acceptors (Lipinski definition) is 3. The molecule has 0 saturated heterocycles. The van der Waals surface area contributed by atoms with Crippen molar-refractivity contribution in [1.29, 1.82) is 0 Å². The van der Waals surface area contributed by atoms with Crippen molar-refractivity contribution in [2.24, 2.45) is 5.73 Å². The maximum Gasteiger partial charge on any atom is 0.261 e. The summed E-state index contributed by atoms with van der Waals surface area (Å²) in [5, 5.41) is 2.50. The van der Waals surface area contributed by atoms with Crippen molar-refractivity contribution < 1.29 is 4.43 Å². The van der Waals surface area contributed by atoms with Crippen LogP contribution in [0.5, 0.6) is 0 Å². The van der Waals surface area contributed by atoms with Gasteiger partial charge >= 0.3 is 0 Å². The fourth-order valence-corrected chi connectivity index (χ4v) is 8.62. The van der Waals surface area contributed by atoms with Crippen molar-refractivity contribution in [3.05, 3.63) is 90.8 Å². The van der Waals surface area contributed by atoms with Crippen LogP contribution in [-0.4, -0.2) is 19.8 Å². The maximum absolute atomic E-state index is 7.23. The van der Waals surface area contributed by atoms with Crippen LogP contribution in [0.15, 0.2) is 85.2 Å². The summed E-state index contributed by atoms with van der Waals surface area (Å²) >= 11 is 0. The molecule has 0 amide bonds. The van der Waals surface area contributed by atoms with Gasteiger partial charge in [0.15, 0.2) is 0 Å². The van der Waals surface area contributed by atoms with E-state index in [0.717, 1.165) is 12.0 Å². The van der Waals surface area contributed by atoms with Crippen molar-refractivity contribution in [2.45, 2.75) is 38.3 Å². The van der Waals surface area contributed by atoms with Gasteiger partial charge in [-0.15, -0.1) is 0 Å². The molecule has 1 unspecified atom stereocenters. The Kier molecular flexibility index (Phi) is 6.45. The molecule has 1 aromatic heterocycles. The highest BCUT2D eigenvalue weighted by atomic mass is 28.4. The van der Waals surface area contributed by atoms with Crippen LogP contribution in [0.4, 0.5) is 0 Å².